The maximum absolute atomic E-state index is 12.7. The highest BCUT2D eigenvalue weighted by atomic mass is 31.2. The summed E-state index contributed by atoms with van der Waals surface area (Å²) in [5, 5.41) is 0. The zero-order valence-electron chi connectivity index (χ0n) is 36.5. The summed E-state index contributed by atoms with van der Waals surface area (Å²) in [7, 11) is 1.43. The quantitative estimate of drug-likeness (QED) is 0.0216. The molecule has 0 radical (unpaired) electrons. The van der Waals surface area contributed by atoms with E-state index < -0.39 is 32.5 Å². The predicted octanol–water partition coefficient (Wildman–Crippen LogP) is 12.4. The van der Waals surface area contributed by atoms with Gasteiger partial charge in [0.15, 0.2) is 6.10 Å². The Morgan fingerprint density at radius 1 is 0.561 bits per heavy atom. The number of unbranched alkanes of at least 4 members (excludes halogenated alkanes) is 10. The Morgan fingerprint density at radius 3 is 1.51 bits per heavy atom. The molecule has 0 heterocycles. The highest BCUT2D eigenvalue weighted by Crippen LogP contribution is 2.43. The van der Waals surface area contributed by atoms with Crippen LogP contribution in [0.15, 0.2) is 85.1 Å². The fourth-order valence-electron chi connectivity index (χ4n) is 5.23. The molecule has 2 atom stereocenters. The summed E-state index contributed by atoms with van der Waals surface area (Å²) in [4.78, 5) is 35.3. The number of quaternary nitrogens is 1. The van der Waals surface area contributed by atoms with E-state index >= 15 is 0 Å². The van der Waals surface area contributed by atoms with Crippen LogP contribution in [-0.2, 0) is 32.7 Å². The third kappa shape index (κ3) is 42.6. The highest BCUT2D eigenvalue weighted by Gasteiger charge is 2.27. The minimum atomic E-state index is -4.39. The van der Waals surface area contributed by atoms with Gasteiger partial charge in [0.05, 0.1) is 27.7 Å². The van der Waals surface area contributed by atoms with Crippen LogP contribution in [0.4, 0.5) is 0 Å². The molecule has 0 aliphatic rings. The summed E-state index contributed by atoms with van der Waals surface area (Å²) in [6, 6.07) is 0. The Hall–Kier alpha value is -2.81. The van der Waals surface area contributed by atoms with Crippen LogP contribution in [0.2, 0.25) is 0 Å². The van der Waals surface area contributed by atoms with E-state index in [0.29, 0.717) is 23.9 Å². The molecule has 326 valence electrons. The standard InChI is InChI=1S/C47H80NO8P/c1-6-8-10-12-14-16-18-20-22-23-24-25-26-28-29-31-33-35-37-39-46(49)53-43-45(44-55-57(51,52)54-42-41-48(3,4)5)56-47(50)40-38-36-34-32-30-27-21-19-17-15-13-11-9-7-2/h8,10,13-16,19-22,24-25,28-29,45H,6-7,9,11-12,17-18,23,26-27,30-44H2,1-5H3/p+1/b10-8+,15-13+,16-14+,21-19+,22-20+,25-24+,29-28+/t45-/m0/s1. The topological polar surface area (TPSA) is 108 Å². The highest BCUT2D eigenvalue weighted by molar-refractivity contribution is 7.47. The van der Waals surface area contributed by atoms with Gasteiger partial charge in [-0.05, 0) is 83.5 Å². The maximum atomic E-state index is 12.7. The number of phosphoric ester groups is 1. The number of likely N-dealkylation sites (N-methyl/N-ethyl adjacent to an activating group) is 1. The molecule has 0 saturated heterocycles. The number of hydrogen-bond donors (Lipinski definition) is 1. The lowest BCUT2D eigenvalue weighted by Crippen LogP contribution is -2.37. The Labute approximate surface area is 348 Å². The molecule has 10 heteroatoms. The number of ether oxygens (including phenoxy) is 2. The molecule has 0 aliphatic carbocycles. The zero-order valence-corrected chi connectivity index (χ0v) is 37.4. The lowest BCUT2D eigenvalue weighted by atomic mass is 10.1. The van der Waals surface area contributed by atoms with E-state index in [-0.39, 0.29) is 26.1 Å². The first-order chi connectivity index (χ1) is 27.5. The molecule has 1 N–H and O–H groups in total. The van der Waals surface area contributed by atoms with Crippen molar-refractivity contribution in [1.82, 2.24) is 0 Å². The number of phosphoric acid groups is 1. The fraction of sp³-hybridized carbons (Fsp3) is 0.660. The Morgan fingerprint density at radius 2 is 1.00 bits per heavy atom. The Kier molecular flexibility index (Phi) is 36.8. The van der Waals surface area contributed by atoms with Crippen LogP contribution in [0, 0.1) is 0 Å². The van der Waals surface area contributed by atoms with Gasteiger partial charge in [-0.1, -0.05) is 137 Å². The first kappa shape index (κ1) is 54.2. The van der Waals surface area contributed by atoms with Crippen LogP contribution in [0.25, 0.3) is 0 Å². The predicted molar refractivity (Wildman–Crippen MR) is 238 cm³/mol. The van der Waals surface area contributed by atoms with Crippen LogP contribution in [0.1, 0.15) is 149 Å². The van der Waals surface area contributed by atoms with Crippen molar-refractivity contribution in [3.8, 4) is 0 Å². The average Bonchev–Trinajstić information content (AvgIpc) is 3.16. The summed E-state index contributed by atoms with van der Waals surface area (Å²) in [5.74, 6) is -0.862. The second-order valence-electron chi connectivity index (χ2n) is 15.3. The summed E-state index contributed by atoms with van der Waals surface area (Å²) in [6.07, 6.45) is 49.1. The third-order valence-electron chi connectivity index (χ3n) is 8.66. The molecule has 0 aromatic carbocycles. The van der Waals surface area contributed by atoms with E-state index in [4.69, 9.17) is 18.5 Å². The first-order valence-corrected chi connectivity index (χ1v) is 23.3. The van der Waals surface area contributed by atoms with Gasteiger partial charge in [0.25, 0.3) is 0 Å². The van der Waals surface area contributed by atoms with Crippen LogP contribution in [0.5, 0.6) is 0 Å². The molecule has 9 nitrogen and oxygen atoms in total. The molecule has 57 heavy (non-hydrogen) atoms. The van der Waals surface area contributed by atoms with Crippen molar-refractivity contribution in [1.29, 1.82) is 0 Å². The maximum Gasteiger partial charge on any atom is 0.472 e. The fourth-order valence-corrected chi connectivity index (χ4v) is 5.97. The van der Waals surface area contributed by atoms with Crippen LogP contribution < -0.4 is 0 Å². The summed E-state index contributed by atoms with van der Waals surface area (Å²) < 4.78 is 34.2. The largest absolute Gasteiger partial charge is 0.472 e. The number of esters is 2. The second kappa shape index (κ2) is 38.7. The Balaban J connectivity index is 4.46. The zero-order chi connectivity index (χ0) is 42.1. The number of allylic oxidation sites excluding steroid dienone is 14. The normalized spacial score (nSPS) is 14.4. The van der Waals surface area contributed by atoms with Crippen molar-refractivity contribution in [3.05, 3.63) is 85.1 Å². The minimum Gasteiger partial charge on any atom is -0.462 e. The van der Waals surface area contributed by atoms with Gasteiger partial charge in [-0.2, -0.15) is 0 Å². The van der Waals surface area contributed by atoms with Gasteiger partial charge in [-0.3, -0.25) is 18.6 Å². The summed E-state index contributed by atoms with van der Waals surface area (Å²) in [5.41, 5.74) is 0. The molecule has 0 aromatic rings. The van der Waals surface area contributed by atoms with Crippen molar-refractivity contribution < 1.29 is 42.1 Å². The van der Waals surface area contributed by atoms with Crippen molar-refractivity contribution in [3.63, 3.8) is 0 Å². The molecule has 1 unspecified atom stereocenters. The average molecular weight is 819 g/mol. The van der Waals surface area contributed by atoms with Crippen molar-refractivity contribution in [2.45, 2.75) is 155 Å². The number of carbonyl (C=O) groups is 2. The number of rotatable bonds is 38. The van der Waals surface area contributed by atoms with Gasteiger partial charge in [0, 0.05) is 12.8 Å². The van der Waals surface area contributed by atoms with E-state index in [1.54, 1.807) is 0 Å². The lowest BCUT2D eigenvalue weighted by Gasteiger charge is -2.24. The van der Waals surface area contributed by atoms with Gasteiger partial charge < -0.3 is 18.9 Å². The van der Waals surface area contributed by atoms with Crippen molar-refractivity contribution >= 4 is 19.8 Å². The lowest BCUT2D eigenvalue weighted by molar-refractivity contribution is -0.870. The van der Waals surface area contributed by atoms with E-state index in [1.165, 1.54) is 12.8 Å². The van der Waals surface area contributed by atoms with Crippen LogP contribution >= 0.6 is 7.82 Å². The number of nitrogens with zero attached hydrogens (tertiary/aromatic N) is 1. The SMILES string of the molecule is CC/C=C/C/C=C/C/C=C/C/C=C/C/C=C/CCCCCC(=O)OC[C@@H](COP(=O)(O)OCC[N+](C)(C)C)OC(=O)CCCCCCC/C=C/C/C=C/CCCC. The summed E-state index contributed by atoms with van der Waals surface area (Å²) in [6.45, 7) is 4.18. The molecular formula is C47H81NO8P+. The number of carbonyl (C=O) groups excluding carboxylic acids is 2. The van der Waals surface area contributed by atoms with Crippen molar-refractivity contribution in [2.24, 2.45) is 0 Å². The molecule has 0 saturated carbocycles. The summed E-state index contributed by atoms with van der Waals surface area (Å²) >= 11 is 0. The van der Waals surface area contributed by atoms with Crippen LogP contribution in [-0.4, -0.2) is 74.9 Å². The molecule has 0 amide bonds. The van der Waals surface area contributed by atoms with Gasteiger partial charge >= 0.3 is 19.8 Å². The molecule has 0 fully saturated rings. The smallest absolute Gasteiger partial charge is 0.462 e. The van der Waals surface area contributed by atoms with E-state index in [9.17, 15) is 19.0 Å². The van der Waals surface area contributed by atoms with Crippen molar-refractivity contribution in [2.75, 3.05) is 47.5 Å². The third-order valence-corrected chi connectivity index (χ3v) is 9.64. The second-order valence-corrected chi connectivity index (χ2v) is 16.8. The molecule has 0 aromatic heterocycles. The van der Waals surface area contributed by atoms with Gasteiger partial charge in [0.1, 0.15) is 19.8 Å². The van der Waals surface area contributed by atoms with E-state index in [2.05, 4.69) is 98.9 Å². The molecule has 0 spiro atoms. The van der Waals surface area contributed by atoms with Gasteiger partial charge in [-0.15, -0.1) is 0 Å². The minimum absolute atomic E-state index is 0.0184. The van der Waals surface area contributed by atoms with E-state index in [0.717, 1.165) is 96.3 Å². The molecule has 0 aliphatic heterocycles. The van der Waals surface area contributed by atoms with Gasteiger partial charge in [0.2, 0.25) is 0 Å². The molecule has 0 rings (SSSR count). The van der Waals surface area contributed by atoms with Crippen LogP contribution in [0.3, 0.4) is 0 Å². The van der Waals surface area contributed by atoms with E-state index in [1.807, 2.05) is 21.1 Å². The van der Waals surface area contributed by atoms with Gasteiger partial charge in [-0.25, -0.2) is 4.57 Å². The number of hydrogen-bond acceptors (Lipinski definition) is 7. The Bertz CT molecular complexity index is 1240. The molecule has 0 bridgehead atoms. The molecular weight excluding hydrogens is 737 g/mol. The first-order valence-electron chi connectivity index (χ1n) is 21.8. The monoisotopic (exact) mass is 819 g/mol.